The van der Waals surface area contributed by atoms with E-state index in [1.807, 2.05) is 12.1 Å². The first-order valence-corrected chi connectivity index (χ1v) is 11.2. The van der Waals surface area contributed by atoms with Gasteiger partial charge in [-0.25, -0.2) is 0 Å². The van der Waals surface area contributed by atoms with Gasteiger partial charge >= 0.3 is 0 Å². The van der Waals surface area contributed by atoms with Crippen LogP contribution in [0.2, 0.25) is 0 Å². The van der Waals surface area contributed by atoms with E-state index in [1.165, 1.54) is 25.7 Å². The van der Waals surface area contributed by atoms with Crippen molar-refractivity contribution in [3.63, 3.8) is 0 Å². The summed E-state index contributed by atoms with van der Waals surface area (Å²) >= 11 is 0. The molecule has 1 amide bonds. The molecule has 1 aromatic heterocycles. The van der Waals surface area contributed by atoms with E-state index in [0.29, 0.717) is 18.0 Å². The van der Waals surface area contributed by atoms with E-state index < -0.39 is 0 Å². The van der Waals surface area contributed by atoms with Gasteiger partial charge in [0.15, 0.2) is 0 Å². The van der Waals surface area contributed by atoms with Gasteiger partial charge in [-0.1, -0.05) is 31.9 Å². The van der Waals surface area contributed by atoms with Crippen molar-refractivity contribution >= 4 is 16.8 Å². The fourth-order valence-corrected chi connectivity index (χ4v) is 5.59. The number of para-hydroxylation sites is 1. The zero-order chi connectivity index (χ0) is 20.5. The molecular weight excluding hydrogens is 362 g/mol. The number of hydrogen-bond donors (Lipinski definition) is 0. The Kier molecular flexibility index (Phi) is 5.86. The Bertz CT molecular complexity index is 856. The average molecular weight is 398 g/mol. The molecule has 2 atom stereocenters. The summed E-state index contributed by atoms with van der Waals surface area (Å²) in [4.78, 5) is 18.1. The zero-order valence-electron chi connectivity index (χ0n) is 18.4. The van der Waals surface area contributed by atoms with Crippen LogP contribution in [0.5, 0.6) is 5.75 Å². The first-order chi connectivity index (χ1) is 14.0. The molecule has 0 radical (unpaired) electrons. The van der Waals surface area contributed by atoms with Crippen molar-refractivity contribution in [2.45, 2.75) is 65.1 Å². The maximum atomic E-state index is 13.6. The number of piperazine rings is 1. The molecule has 5 nitrogen and oxygen atoms in total. The monoisotopic (exact) mass is 397 g/mol. The number of amides is 1. The van der Waals surface area contributed by atoms with Gasteiger partial charge in [0.05, 0.1) is 18.2 Å². The topological polar surface area (TPSA) is 37.7 Å². The van der Waals surface area contributed by atoms with Gasteiger partial charge in [0.2, 0.25) is 0 Å². The predicted octanol–water partition coefficient (Wildman–Crippen LogP) is 4.39. The zero-order valence-corrected chi connectivity index (χ0v) is 18.4. The van der Waals surface area contributed by atoms with Crippen LogP contribution >= 0.6 is 0 Å². The van der Waals surface area contributed by atoms with Crippen LogP contribution in [0.25, 0.3) is 10.9 Å². The number of nitrogens with zero attached hydrogens (tertiary/aromatic N) is 3. The molecule has 2 unspecified atom stereocenters. The minimum Gasteiger partial charge on any atom is -0.495 e. The van der Waals surface area contributed by atoms with Crippen LogP contribution in [-0.2, 0) is 6.54 Å². The number of benzene rings is 1. The van der Waals surface area contributed by atoms with E-state index in [1.54, 1.807) is 7.11 Å². The quantitative estimate of drug-likeness (QED) is 0.751. The molecule has 0 bridgehead atoms. The van der Waals surface area contributed by atoms with E-state index in [2.05, 4.69) is 47.4 Å². The van der Waals surface area contributed by atoms with Crippen molar-refractivity contribution in [2.75, 3.05) is 26.7 Å². The summed E-state index contributed by atoms with van der Waals surface area (Å²) in [5.74, 6) is 1.71. The van der Waals surface area contributed by atoms with Crippen molar-refractivity contribution in [2.24, 2.45) is 5.92 Å². The van der Waals surface area contributed by atoms with Crippen LogP contribution in [0.15, 0.2) is 24.4 Å². The van der Waals surface area contributed by atoms with Crippen molar-refractivity contribution < 1.29 is 9.53 Å². The molecular formula is C24H35N3O2. The maximum Gasteiger partial charge on any atom is 0.256 e. The second-order valence-electron chi connectivity index (χ2n) is 8.94. The number of methoxy groups -OCH3 is 1. The van der Waals surface area contributed by atoms with Crippen molar-refractivity contribution in [3.05, 3.63) is 30.0 Å². The molecule has 0 N–H and O–H groups in total. The molecule has 29 heavy (non-hydrogen) atoms. The normalized spacial score (nSPS) is 23.8. The summed E-state index contributed by atoms with van der Waals surface area (Å²) in [6.07, 6.45) is 7.31. The van der Waals surface area contributed by atoms with Gasteiger partial charge in [0, 0.05) is 43.3 Å². The molecule has 2 heterocycles. The Labute approximate surface area is 174 Å². The molecule has 1 saturated carbocycles. The fraction of sp³-hybridized carbons (Fsp3) is 0.625. The predicted molar refractivity (Wildman–Crippen MR) is 118 cm³/mol. The third-order valence-corrected chi connectivity index (χ3v) is 7.00. The summed E-state index contributed by atoms with van der Waals surface area (Å²) in [6.45, 7) is 10.2. The van der Waals surface area contributed by atoms with E-state index in [9.17, 15) is 4.79 Å². The van der Waals surface area contributed by atoms with Gasteiger partial charge in [-0.2, -0.15) is 0 Å². The minimum absolute atomic E-state index is 0.155. The number of fused-ring (bicyclic) bond motifs is 1. The maximum absolute atomic E-state index is 13.6. The van der Waals surface area contributed by atoms with E-state index in [0.717, 1.165) is 48.4 Å². The average Bonchev–Trinajstić information content (AvgIpc) is 3.35. The molecule has 158 valence electrons. The first-order valence-electron chi connectivity index (χ1n) is 11.2. The number of likely N-dealkylation sites (N-methyl/N-ethyl adjacent to an activating group) is 1. The number of hydrogen-bond acceptors (Lipinski definition) is 3. The SMILES string of the molecule is CCN1C(C)CN(C(=O)c2cn(CC3CCCC3)c3c(OC)cccc23)CC1C. The van der Waals surface area contributed by atoms with E-state index in [4.69, 9.17) is 4.74 Å². The standard InChI is InChI=1S/C24H35N3O2/c1-5-27-17(2)13-26(14-18(27)3)24(28)21-16-25(15-19-9-6-7-10-19)23-20(21)11-8-12-22(23)29-4/h8,11-12,16-19H,5-7,9-10,13-15H2,1-4H3. The minimum atomic E-state index is 0.155. The highest BCUT2D eigenvalue weighted by atomic mass is 16.5. The van der Waals surface area contributed by atoms with Crippen LogP contribution in [0.3, 0.4) is 0 Å². The molecule has 2 aliphatic rings. The van der Waals surface area contributed by atoms with Crippen molar-refractivity contribution in [3.8, 4) is 5.75 Å². The lowest BCUT2D eigenvalue weighted by atomic mass is 10.1. The number of ether oxygens (including phenoxy) is 1. The second kappa shape index (κ2) is 8.39. The van der Waals surface area contributed by atoms with Crippen LogP contribution in [0.4, 0.5) is 0 Å². The number of aromatic nitrogens is 1. The summed E-state index contributed by atoms with van der Waals surface area (Å²) < 4.78 is 7.97. The van der Waals surface area contributed by atoms with Gasteiger partial charge < -0.3 is 14.2 Å². The van der Waals surface area contributed by atoms with Gasteiger partial charge in [-0.3, -0.25) is 9.69 Å². The van der Waals surface area contributed by atoms with E-state index in [-0.39, 0.29) is 5.91 Å². The number of carbonyl (C=O) groups excluding carboxylic acids is 1. The summed E-state index contributed by atoms with van der Waals surface area (Å²) in [7, 11) is 1.72. The van der Waals surface area contributed by atoms with Crippen LogP contribution in [0.1, 0.15) is 56.8 Å². The number of carbonyl (C=O) groups is 1. The van der Waals surface area contributed by atoms with Gasteiger partial charge in [0.25, 0.3) is 5.91 Å². The highest BCUT2D eigenvalue weighted by Gasteiger charge is 2.32. The lowest BCUT2D eigenvalue weighted by molar-refractivity contribution is 0.0331. The summed E-state index contributed by atoms with van der Waals surface area (Å²) in [5, 5.41) is 1.02. The largest absolute Gasteiger partial charge is 0.495 e. The van der Waals surface area contributed by atoms with Gasteiger partial charge in [-0.05, 0) is 45.2 Å². The smallest absolute Gasteiger partial charge is 0.256 e. The Morgan fingerprint density at radius 3 is 2.45 bits per heavy atom. The third-order valence-electron chi connectivity index (χ3n) is 7.00. The molecule has 5 heteroatoms. The third kappa shape index (κ3) is 3.77. The molecule has 1 aliphatic carbocycles. The molecule has 1 aliphatic heterocycles. The highest BCUT2D eigenvalue weighted by Crippen LogP contribution is 2.34. The molecule has 0 spiro atoms. The van der Waals surface area contributed by atoms with Crippen molar-refractivity contribution in [1.82, 2.24) is 14.4 Å². The Hall–Kier alpha value is -2.01. The molecule has 4 rings (SSSR count). The fourth-order valence-electron chi connectivity index (χ4n) is 5.59. The molecule has 2 aromatic rings. The number of rotatable bonds is 5. The summed E-state index contributed by atoms with van der Waals surface area (Å²) in [6, 6.07) is 6.85. The van der Waals surface area contributed by atoms with Crippen molar-refractivity contribution in [1.29, 1.82) is 0 Å². The first kappa shape index (κ1) is 20.3. The second-order valence-corrected chi connectivity index (χ2v) is 8.94. The highest BCUT2D eigenvalue weighted by molar-refractivity contribution is 6.08. The van der Waals surface area contributed by atoms with Crippen LogP contribution < -0.4 is 4.74 Å². The Morgan fingerprint density at radius 2 is 1.83 bits per heavy atom. The molecule has 2 fully saturated rings. The Morgan fingerprint density at radius 1 is 1.14 bits per heavy atom. The van der Waals surface area contributed by atoms with Gasteiger partial charge in [0.1, 0.15) is 5.75 Å². The Balaban J connectivity index is 1.69. The summed E-state index contributed by atoms with van der Waals surface area (Å²) in [5.41, 5.74) is 1.89. The molecule has 1 saturated heterocycles. The molecule has 1 aromatic carbocycles. The van der Waals surface area contributed by atoms with Crippen LogP contribution in [0, 0.1) is 5.92 Å². The van der Waals surface area contributed by atoms with E-state index >= 15 is 0 Å². The lowest BCUT2D eigenvalue weighted by Gasteiger charge is -2.44. The van der Waals surface area contributed by atoms with Gasteiger partial charge in [-0.15, -0.1) is 0 Å². The van der Waals surface area contributed by atoms with Crippen LogP contribution in [-0.4, -0.2) is 59.1 Å². The lowest BCUT2D eigenvalue weighted by Crippen LogP contribution is -2.57.